The highest BCUT2D eigenvalue weighted by atomic mass is 19.3. The van der Waals surface area contributed by atoms with Crippen LogP contribution in [0.4, 0.5) is 19.3 Å². The number of anilines is 1. The summed E-state index contributed by atoms with van der Waals surface area (Å²) < 4.78 is 33.1. The SMILES string of the molecule is CC(=O)NC[C@H]1CN(c2ccc3c(c2)CCCc2c-3n[nH]c2C(C)(F)F)C(=O)O1. The summed E-state index contributed by atoms with van der Waals surface area (Å²) in [6.45, 7) is 2.86. The van der Waals surface area contributed by atoms with E-state index in [-0.39, 0.29) is 18.1 Å². The zero-order chi connectivity index (χ0) is 20.8. The topological polar surface area (TPSA) is 87.3 Å². The van der Waals surface area contributed by atoms with E-state index < -0.39 is 18.1 Å². The lowest BCUT2D eigenvalue weighted by Crippen LogP contribution is -2.33. The normalized spacial score (nSPS) is 18.7. The molecular formula is C20H22F2N4O3. The van der Waals surface area contributed by atoms with E-state index in [1.54, 1.807) is 6.07 Å². The minimum Gasteiger partial charge on any atom is -0.442 e. The Morgan fingerprint density at radius 1 is 1.41 bits per heavy atom. The number of halogens is 2. The number of ether oxygens (including phenoxy) is 1. The van der Waals surface area contributed by atoms with Gasteiger partial charge in [-0.15, -0.1) is 0 Å². The van der Waals surface area contributed by atoms with Crippen molar-refractivity contribution in [3.05, 3.63) is 35.0 Å². The summed E-state index contributed by atoms with van der Waals surface area (Å²) in [5, 5.41) is 9.33. The Bertz CT molecular complexity index is 967. The Labute approximate surface area is 166 Å². The molecule has 7 nitrogen and oxygen atoms in total. The molecule has 2 amide bonds. The number of carbonyl (C=O) groups excluding carboxylic acids is 2. The first-order valence-electron chi connectivity index (χ1n) is 9.55. The molecule has 1 aromatic heterocycles. The largest absolute Gasteiger partial charge is 0.442 e. The highest BCUT2D eigenvalue weighted by Gasteiger charge is 2.35. The molecule has 2 aromatic rings. The van der Waals surface area contributed by atoms with Crippen molar-refractivity contribution in [2.24, 2.45) is 0 Å². The Morgan fingerprint density at radius 2 is 2.21 bits per heavy atom. The molecule has 1 aliphatic heterocycles. The number of nitrogens with one attached hydrogen (secondary N) is 2. The van der Waals surface area contributed by atoms with Crippen molar-refractivity contribution >= 4 is 17.7 Å². The van der Waals surface area contributed by atoms with Gasteiger partial charge in [-0.2, -0.15) is 13.9 Å². The zero-order valence-corrected chi connectivity index (χ0v) is 16.2. The molecule has 1 atom stereocenters. The predicted molar refractivity (Wildman–Crippen MR) is 102 cm³/mol. The first-order valence-corrected chi connectivity index (χ1v) is 9.55. The van der Waals surface area contributed by atoms with Gasteiger partial charge in [0.1, 0.15) is 11.8 Å². The molecule has 0 saturated carbocycles. The summed E-state index contributed by atoms with van der Waals surface area (Å²) in [4.78, 5) is 24.9. The molecule has 1 aromatic carbocycles. The van der Waals surface area contributed by atoms with Gasteiger partial charge in [0.05, 0.1) is 18.8 Å². The number of alkyl halides is 2. The summed E-state index contributed by atoms with van der Waals surface area (Å²) in [5.74, 6) is -3.16. The predicted octanol–water partition coefficient (Wildman–Crippen LogP) is 3.14. The number of benzene rings is 1. The molecule has 0 spiro atoms. The minimum atomic E-state index is -2.98. The molecule has 2 heterocycles. The van der Waals surface area contributed by atoms with Gasteiger partial charge in [0.2, 0.25) is 5.91 Å². The average Bonchev–Trinajstić information content (AvgIpc) is 3.19. The molecule has 0 radical (unpaired) electrons. The van der Waals surface area contributed by atoms with Crippen LogP contribution in [0, 0.1) is 0 Å². The molecule has 154 valence electrons. The van der Waals surface area contributed by atoms with Crippen molar-refractivity contribution in [3.8, 4) is 11.3 Å². The van der Waals surface area contributed by atoms with Gasteiger partial charge in [0.25, 0.3) is 5.92 Å². The minimum absolute atomic E-state index is 0.131. The molecule has 2 N–H and O–H groups in total. The number of nitrogens with zero attached hydrogens (tertiary/aromatic N) is 2. The summed E-state index contributed by atoms with van der Waals surface area (Å²) in [7, 11) is 0. The first-order chi connectivity index (χ1) is 13.7. The molecule has 2 aliphatic rings. The van der Waals surface area contributed by atoms with Crippen LogP contribution in [-0.2, 0) is 28.3 Å². The summed E-state index contributed by atoms with van der Waals surface area (Å²) in [5.41, 5.74) is 3.41. The molecule has 9 heteroatoms. The highest BCUT2D eigenvalue weighted by molar-refractivity contribution is 5.90. The number of aryl methyl sites for hydroxylation is 1. The van der Waals surface area contributed by atoms with Crippen LogP contribution >= 0.6 is 0 Å². The molecule has 29 heavy (non-hydrogen) atoms. The van der Waals surface area contributed by atoms with Crippen LogP contribution in [0.1, 0.15) is 37.1 Å². The fourth-order valence-electron chi connectivity index (χ4n) is 3.93. The van der Waals surface area contributed by atoms with Gasteiger partial charge in [-0.05, 0) is 37.0 Å². The van der Waals surface area contributed by atoms with E-state index in [4.69, 9.17) is 4.74 Å². The van der Waals surface area contributed by atoms with Gasteiger partial charge in [-0.3, -0.25) is 14.8 Å². The number of hydrogen-bond donors (Lipinski definition) is 2. The molecule has 4 rings (SSSR count). The van der Waals surface area contributed by atoms with E-state index in [0.29, 0.717) is 42.8 Å². The van der Waals surface area contributed by atoms with Crippen molar-refractivity contribution in [1.82, 2.24) is 15.5 Å². The maximum Gasteiger partial charge on any atom is 0.414 e. The van der Waals surface area contributed by atoms with Gasteiger partial charge in [-0.25, -0.2) is 4.79 Å². The third kappa shape index (κ3) is 3.68. The third-order valence-corrected chi connectivity index (χ3v) is 5.29. The third-order valence-electron chi connectivity index (χ3n) is 5.29. The van der Waals surface area contributed by atoms with E-state index in [1.165, 1.54) is 11.8 Å². The Hall–Kier alpha value is -2.97. The van der Waals surface area contributed by atoms with E-state index >= 15 is 0 Å². The maximum absolute atomic E-state index is 13.9. The van der Waals surface area contributed by atoms with Crippen LogP contribution in [0.25, 0.3) is 11.3 Å². The van der Waals surface area contributed by atoms with E-state index in [9.17, 15) is 18.4 Å². The molecule has 1 aliphatic carbocycles. The van der Waals surface area contributed by atoms with Crippen LogP contribution in [0.5, 0.6) is 0 Å². The zero-order valence-electron chi connectivity index (χ0n) is 16.2. The quantitative estimate of drug-likeness (QED) is 0.820. The van der Waals surface area contributed by atoms with Crippen LogP contribution < -0.4 is 10.2 Å². The summed E-state index contributed by atoms with van der Waals surface area (Å²) >= 11 is 0. The van der Waals surface area contributed by atoms with Gasteiger partial charge < -0.3 is 10.1 Å². The van der Waals surface area contributed by atoms with Crippen molar-refractivity contribution in [1.29, 1.82) is 0 Å². The Kier molecular flexibility index (Phi) is 4.76. The number of H-pyrrole nitrogens is 1. The molecule has 1 saturated heterocycles. The number of cyclic esters (lactones) is 1. The average molecular weight is 404 g/mol. The van der Waals surface area contributed by atoms with Crippen molar-refractivity contribution in [2.75, 3.05) is 18.0 Å². The molecule has 1 fully saturated rings. The van der Waals surface area contributed by atoms with Crippen LogP contribution in [0.15, 0.2) is 18.2 Å². The van der Waals surface area contributed by atoms with Crippen molar-refractivity contribution < 1.29 is 23.1 Å². The van der Waals surface area contributed by atoms with Crippen LogP contribution in [0.2, 0.25) is 0 Å². The Balaban J connectivity index is 1.61. The van der Waals surface area contributed by atoms with Crippen molar-refractivity contribution in [2.45, 2.75) is 45.1 Å². The first kappa shape index (κ1) is 19.4. The lowest BCUT2D eigenvalue weighted by Gasteiger charge is -2.16. The van der Waals surface area contributed by atoms with Crippen LogP contribution in [-0.4, -0.2) is 41.4 Å². The highest BCUT2D eigenvalue weighted by Crippen LogP contribution is 2.39. The smallest absolute Gasteiger partial charge is 0.414 e. The second kappa shape index (κ2) is 7.13. The molecular weight excluding hydrogens is 382 g/mol. The van der Waals surface area contributed by atoms with Gasteiger partial charge in [-0.1, -0.05) is 6.07 Å². The second-order valence-corrected chi connectivity index (χ2v) is 7.56. The lowest BCUT2D eigenvalue weighted by atomic mass is 10.00. The fourth-order valence-corrected chi connectivity index (χ4v) is 3.93. The van der Waals surface area contributed by atoms with Gasteiger partial charge >= 0.3 is 6.09 Å². The standard InChI is InChI=1S/C20H22F2N4O3/c1-11(27)23-9-14-10-26(19(28)29-14)13-6-7-15-12(8-13)4-3-5-16-17(15)24-25-18(16)20(2,21)22/h6-8,14H,3-5,9-10H2,1-2H3,(H,23,27)(H,24,25)/t14-/m0/s1. The number of rotatable bonds is 4. The van der Waals surface area contributed by atoms with E-state index in [1.807, 2.05) is 12.1 Å². The number of aromatic nitrogens is 2. The number of aromatic amines is 1. The van der Waals surface area contributed by atoms with Gasteiger partial charge in [0.15, 0.2) is 0 Å². The number of carbonyl (C=O) groups is 2. The summed E-state index contributed by atoms with van der Waals surface area (Å²) in [6.07, 6.45) is 1.03. The second-order valence-electron chi connectivity index (χ2n) is 7.56. The summed E-state index contributed by atoms with van der Waals surface area (Å²) in [6, 6.07) is 5.49. The maximum atomic E-state index is 13.9. The Morgan fingerprint density at radius 3 is 2.93 bits per heavy atom. The van der Waals surface area contributed by atoms with Crippen LogP contribution in [0.3, 0.4) is 0 Å². The molecule has 0 unspecified atom stereocenters. The van der Waals surface area contributed by atoms with E-state index in [0.717, 1.165) is 18.1 Å². The van der Waals surface area contributed by atoms with Gasteiger partial charge in [0, 0.05) is 30.7 Å². The van der Waals surface area contributed by atoms with Crippen molar-refractivity contribution in [3.63, 3.8) is 0 Å². The number of amides is 2. The lowest BCUT2D eigenvalue weighted by molar-refractivity contribution is -0.119. The number of fused-ring (bicyclic) bond motifs is 3. The fraction of sp³-hybridized carbons (Fsp3) is 0.450. The monoisotopic (exact) mass is 404 g/mol. The van der Waals surface area contributed by atoms with E-state index in [2.05, 4.69) is 15.5 Å². The number of hydrogen-bond acceptors (Lipinski definition) is 4. The molecule has 0 bridgehead atoms.